The van der Waals surface area contributed by atoms with Crippen LogP contribution in [-0.2, 0) is 0 Å². The molecule has 0 aliphatic heterocycles. The number of urea groups is 1. The van der Waals surface area contributed by atoms with Crippen molar-refractivity contribution in [2.75, 3.05) is 13.2 Å². The second-order valence-electron chi connectivity index (χ2n) is 5.22. The number of carbonyl (C=O) groups is 1. The van der Waals surface area contributed by atoms with Crippen molar-refractivity contribution in [3.63, 3.8) is 0 Å². The van der Waals surface area contributed by atoms with Crippen LogP contribution < -0.4 is 15.4 Å². The van der Waals surface area contributed by atoms with Crippen molar-refractivity contribution in [1.29, 1.82) is 0 Å². The molecule has 0 atom stereocenters. The number of rotatable bonds is 5. The Balaban J connectivity index is 1.72. The smallest absolute Gasteiger partial charge is 0.315 e. The van der Waals surface area contributed by atoms with Crippen LogP contribution in [-0.4, -0.2) is 25.2 Å². The van der Waals surface area contributed by atoms with Crippen LogP contribution in [0.25, 0.3) is 0 Å². The first-order valence-electron chi connectivity index (χ1n) is 6.81. The molecule has 0 radical (unpaired) electrons. The summed E-state index contributed by atoms with van der Waals surface area (Å²) in [6.45, 7) is 7.21. The largest absolute Gasteiger partial charge is 0.491 e. The van der Waals surface area contributed by atoms with Crippen LogP contribution in [0.5, 0.6) is 5.75 Å². The highest BCUT2D eigenvalue weighted by atomic mass is 16.5. The van der Waals surface area contributed by atoms with E-state index < -0.39 is 0 Å². The molecule has 104 valence electrons. The topological polar surface area (TPSA) is 50.4 Å². The number of amides is 2. The zero-order valence-corrected chi connectivity index (χ0v) is 11.9. The van der Waals surface area contributed by atoms with Crippen molar-refractivity contribution in [3.05, 3.63) is 28.8 Å². The minimum atomic E-state index is -0.0945. The maximum Gasteiger partial charge on any atom is 0.315 e. The Morgan fingerprint density at radius 2 is 1.89 bits per heavy atom. The summed E-state index contributed by atoms with van der Waals surface area (Å²) in [6.07, 6.45) is 2.21. The SMILES string of the molecule is Cc1cc(C)c(OCCNC(=O)NC2CC2)cc1C. The number of ether oxygens (including phenoxy) is 1. The molecule has 0 heterocycles. The highest BCUT2D eigenvalue weighted by Gasteiger charge is 2.22. The number of hydrogen-bond donors (Lipinski definition) is 2. The van der Waals surface area contributed by atoms with E-state index in [2.05, 4.69) is 36.6 Å². The average Bonchev–Trinajstić information content (AvgIpc) is 3.14. The van der Waals surface area contributed by atoms with Crippen molar-refractivity contribution in [3.8, 4) is 5.75 Å². The second kappa shape index (κ2) is 5.95. The van der Waals surface area contributed by atoms with Crippen molar-refractivity contribution in [2.45, 2.75) is 39.7 Å². The van der Waals surface area contributed by atoms with Crippen molar-refractivity contribution in [2.24, 2.45) is 0 Å². The molecule has 1 fully saturated rings. The maximum absolute atomic E-state index is 11.4. The Morgan fingerprint density at radius 1 is 1.21 bits per heavy atom. The van der Waals surface area contributed by atoms with E-state index in [1.807, 2.05) is 6.92 Å². The van der Waals surface area contributed by atoms with Crippen LogP contribution in [0.4, 0.5) is 4.79 Å². The van der Waals surface area contributed by atoms with E-state index in [1.54, 1.807) is 0 Å². The van der Waals surface area contributed by atoms with Crippen molar-refractivity contribution < 1.29 is 9.53 Å². The predicted molar refractivity (Wildman–Crippen MR) is 75.7 cm³/mol. The van der Waals surface area contributed by atoms with Gasteiger partial charge in [-0.3, -0.25) is 0 Å². The lowest BCUT2D eigenvalue weighted by Crippen LogP contribution is -2.38. The molecule has 4 heteroatoms. The summed E-state index contributed by atoms with van der Waals surface area (Å²) >= 11 is 0. The second-order valence-corrected chi connectivity index (χ2v) is 5.22. The van der Waals surface area contributed by atoms with E-state index in [0.717, 1.165) is 24.2 Å². The lowest BCUT2D eigenvalue weighted by Gasteiger charge is -2.12. The minimum Gasteiger partial charge on any atom is -0.491 e. The molecular formula is C15H22N2O2. The summed E-state index contributed by atoms with van der Waals surface area (Å²) in [5.74, 6) is 0.896. The lowest BCUT2D eigenvalue weighted by atomic mass is 10.1. The molecule has 4 nitrogen and oxygen atoms in total. The van der Waals surface area contributed by atoms with Crippen LogP contribution in [0.15, 0.2) is 12.1 Å². The normalized spacial score (nSPS) is 14.1. The maximum atomic E-state index is 11.4. The van der Waals surface area contributed by atoms with E-state index in [9.17, 15) is 4.79 Å². The molecule has 0 unspecified atom stereocenters. The van der Waals surface area contributed by atoms with E-state index in [-0.39, 0.29) is 6.03 Å². The van der Waals surface area contributed by atoms with Gasteiger partial charge in [-0.05, 0) is 56.4 Å². The fraction of sp³-hybridized carbons (Fsp3) is 0.533. The molecule has 19 heavy (non-hydrogen) atoms. The summed E-state index contributed by atoms with van der Waals surface area (Å²) in [6, 6.07) is 4.47. The molecule has 1 aliphatic carbocycles. The van der Waals surface area contributed by atoms with Crippen molar-refractivity contribution in [1.82, 2.24) is 10.6 Å². The Kier molecular flexibility index (Phi) is 4.30. The third-order valence-electron chi connectivity index (χ3n) is 3.35. The van der Waals surface area contributed by atoms with Gasteiger partial charge in [0.2, 0.25) is 0 Å². The van der Waals surface area contributed by atoms with Gasteiger partial charge in [-0.15, -0.1) is 0 Å². The molecule has 2 N–H and O–H groups in total. The summed E-state index contributed by atoms with van der Waals surface area (Å²) in [5.41, 5.74) is 3.62. The minimum absolute atomic E-state index is 0.0945. The van der Waals surface area contributed by atoms with Gasteiger partial charge in [0.05, 0.1) is 6.54 Å². The summed E-state index contributed by atoms with van der Waals surface area (Å²) in [7, 11) is 0. The standard InChI is InChI=1S/C15H22N2O2/c1-10-8-12(3)14(9-11(10)2)19-7-6-16-15(18)17-13-4-5-13/h8-9,13H,4-7H2,1-3H3,(H2,16,17,18). The molecule has 0 bridgehead atoms. The number of hydrogen-bond acceptors (Lipinski definition) is 2. The Labute approximate surface area is 114 Å². The fourth-order valence-electron chi connectivity index (χ4n) is 1.88. The number of benzene rings is 1. The van der Waals surface area contributed by atoms with Gasteiger partial charge in [0.1, 0.15) is 12.4 Å². The van der Waals surface area contributed by atoms with Gasteiger partial charge in [0, 0.05) is 6.04 Å². The highest BCUT2D eigenvalue weighted by molar-refractivity contribution is 5.74. The van der Waals surface area contributed by atoms with Gasteiger partial charge in [-0.25, -0.2) is 4.79 Å². The van der Waals surface area contributed by atoms with Crippen molar-refractivity contribution >= 4 is 6.03 Å². The van der Waals surface area contributed by atoms with Gasteiger partial charge in [0.15, 0.2) is 0 Å². The zero-order valence-electron chi connectivity index (χ0n) is 11.9. The molecular weight excluding hydrogens is 240 g/mol. The van der Waals surface area contributed by atoms with E-state index in [0.29, 0.717) is 19.2 Å². The highest BCUT2D eigenvalue weighted by Crippen LogP contribution is 2.22. The fourth-order valence-corrected chi connectivity index (χ4v) is 1.88. The molecule has 0 aromatic heterocycles. The molecule has 0 saturated heterocycles. The molecule has 0 spiro atoms. The Morgan fingerprint density at radius 3 is 2.58 bits per heavy atom. The van der Waals surface area contributed by atoms with E-state index >= 15 is 0 Å². The van der Waals surface area contributed by atoms with Gasteiger partial charge in [-0.2, -0.15) is 0 Å². The molecule has 1 aliphatic rings. The van der Waals surface area contributed by atoms with Crippen LogP contribution in [0, 0.1) is 20.8 Å². The molecule has 1 aromatic rings. The van der Waals surface area contributed by atoms with E-state index in [4.69, 9.17) is 4.74 Å². The summed E-state index contributed by atoms with van der Waals surface area (Å²) < 4.78 is 5.70. The summed E-state index contributed by atoms with van der Waals surface area (Å²) in [5, 5.41) is 5.67. The van der Waals surface area contributed by atoms with Gasteiger partial charge in [-0.1, -0.05) is 6.07 Å². The quantitative estimate of drug-likeness (QED) is 0.801. The first-order valence-corrected chi connectivity index (χ1v) is 6.81. The number of carbonyl (C=O) groups excluding carboxylic acids is 1. The molecule has 2 rings (SSSR count). The molecule has 1 aromatic carbocycles. The predicted octanol–water partition coefficient (Wildman–Crippen LogP) is 2.45. The monoisotopic (exact) mass is 262 g/mol. The third kappa shape index (κ3) is 4.16. The first kappa shape index (κ1) is 13.7. The van der Waals surface area contributed by atoms with Gasteiger partial charge in [0.25, 0.3) is 0 Å². The van der Waals surface area contributed by atoms with Crippen LogP contribution in [0.1, 0.15) is 29.5 Å². The van der Waals surface area contributed by atoms with Gasteiger partial charge < -0.3 is 15.4 Å². The summed E-state index contributed by atoms with van der Waals surface area (Å²) in [4.78, 5) is 11.4. The lowest BCUT2D eigenvalue weighted by molar-refractivity contribution is 0.236. The third-order valence-corrected chi connectivity index (χ3v) is 3.35. The number of aryl methyl sites for hydroxylation is 3. The van der Waals surface area contributed by atoms with Crippen LogP contribution in [0.3, 0.4) is 0 Å². The Bertz CT molecular complexity index is 467. The van der Waals surface area contributed by atoms with Crippen LogP contribution >= 0.6 is 0 Å². The first-order chi connectivity index (χ1) is 9.06. The van der Waals surface area contributed by atoms with Gasteiger partial charge >= 0.3 is 6.03 Å². The molecule has 2 amide bonds. The number of nitrogens with one attached hydrogen (secondary N) is 2. The zero-order chi connectivity index (χ0) is 13.8. The van der Waals surface area contributed by atoms with Crippen LogP contribution in [0.2, 0.25) is 0 Å². The Hall–Kier alpha value is -1.71. The van der Waals surface area contributed by atoms with E-state index in [1.165, 1.54) is 11.1 Å². The molecule has 1 saturated carbocycles. The average molecular weight is 262 g/mol.